The molecule has 420 valence electrons. The number of fused-ring (bicyclic) bond motifs is 2. The van der Waals surface area contributed by atoms with Crippen molar-refractivity contribution < 1.29 is 96.5 Å². The number of imide groups is 1. The third-order valence-corrected chi connectivity index (χ3v) is 16.1. The number of benzene rings is 2. The van der Waals surface area contributed by atoms with Crippen molar-refractivity contribution in [3.8, 4) is 0 Å². The van der Waals surface area contributed by atoms with Crippen molar-refractivity contribution in [2.24, 2.45) is 0 Å². The Kier molecular flexibility index (Phi) is 20.2. The Hall–Kier alpha value is -5.17. The van der Waals surface area contributed by atoms with E-state index in [1.54, 1.807) is 30.8 Å². The molecule has 0 spiro atoms. The Morgan fingerprint density at radius 3 is 1.79 bits per heavy atom. The van der Waals surface area contributed by atoms with E-state index in [4.69, 9.17) is 33.3 Å². The number of hydrogen-bond donors (Lipinski definition) is 1. The number of methoxy groups -OCH3 is 2. The molecular weight excluding hydrogens is 1060 g/mol. The number of amides is 2. The predicted octanol–water partition coefficient (Wildman–Crippen LogP) is 2.39. The first kappa shape index (κ1) is 60.1. The van der Waals surface area contributed by atoms with Crippen LogP contribution in [0, 0.1) is 0 Å². The minimum Gasteiger partial charge on any atom is -0.748 e. The molecule has 3 unspecified atom stereocenters. The average molecular weight is 1130 g/mol. The topological polar surface area (TPSA) is 334 Å². The summed E-state index contributed by atoms with van der Waals surface area (Å²) in [5, 5.41) is 12.4. The smallest absolute Gasteiger partial charge is 0.333 e. The summed E-state index contributed by atoms with van der Waals surface area (Å²) in [6.07, 6.45) is 2.20. The molecule has 1 saturated heterocycles. The summed E-state index contributed by atoms with van der Waals surface area (Å²) in [4.78, 5) is 59.0. The van der Waals surface area contributed by atoms with Gasteiger partial charge in [0.05, 0.1) is 96.6 Å². The first-order valence-corrected chi connectivity index (χ1v) is 28.7. The Morgan fingerprint density at radius 2 is 1.25 bits per heavy atom. The molecule has 0 saturated carbocycles. The molecule has 2 aromatic carbocycles. The number of anilines is 2. The van der Waals surface area contributed by atoms with Crippen LogP contribution in [0.4, 0.5) is 11.4 Å². The van der Waals surface area contributed by atoms with Crippen molar-refractivity contribution in [2.45, 2.75) is 85.5 Å². The van der Waals surface area contributed by atoms with Crippen LogP contribution in [-0.4, -0.2) is 178 Å². The molecule has 27 heteroatoms. The van der Waals surface area contributed by atoms with Crippen LogP contribution in [0.15, 0.2) is 80.9 Å². The number of nitrogens with zero attached hydrogens (tertiary/aromatic N) is 3. The molecule has 3 heterocycles. The second-order valence-electron chi connectivity index (χ2n) is 18.7. The normalized spacial score (nSPS) is 21.9. The van der Waals surface area contributed by atoms with Gasteiger partial charge in [0.15, 0.2) is 5.78 Å². The Morgan fingerprint density at radius 1 is 0.711 bits per heavy atom. The first-order chi connectivity index (χ1) is 35.9. The number of aliphatic hydroxyl groups is 1. The second-order valence-corrected chi connectivity index (χ2v) is 23.0. The van der Waals surface area contributed by atoms with Gasteiger partial charge in [0.1, 0.15) is 26.0 Å². The Bertz CT molecular complexity index is 2930. The lowest BCUT2D eigenvalue weighted by Gasteiger charge is -2.37. The average Bonchev–Trinajstić information content (AvgIpc) is 3.89. The summed E-state index contributed by atoms with van der Waals surface area (Å²) >= 11 is 0. The number of Topliss-reactive ketones (excluding diaryl/α,β-unsaturated/α-hetero) is 1. The van der Waals surface area contributed by atoms with Gasteiger partial charge in [0.2, 0.25) is 0 Å². The number of ketones is 1. The van der Waals surface area contributed by atoms with Gasteiger partial charge in [-0.25, -0.2) is 30.0 Å². The number of hydrogen-bond acceptors (Lipinski definition) is 23. The lowest BCUT2D eigenvalue weighted by Crippen LogP contribution is -2.44. The molecule has 6 rings (SSSR count). The largest absolute Gasteiger partial charge is 0.748 e. The fourth-order valence-electron chi connectivity index (χ4n) is 9.70. The van der Waals surface area contributed by atoms with Crippen molar-refractivity contribution in [3.63, 3.8) is 0 Å². The maximum atomic E-state index is 14.5. The third-order valence-electron chi connectivity index (χ3n) is 13.7. The number of allylic oxidation sites excluding steroid dienone is 4. The van der Waals surface area contributed by atoms with Gasteiger partial charge < -0.3 is 61.8 Å². The molecule has 76 heavy (non-hydrogen) atoms. The van der Waals surface area contributed by atoms with Gasteiger partial charge in [-0.05, 0) is 92.3 Å². The fraction of sp³-hybridized carbons (Fsp3) is 0.551. The van der Waals surface area contributed by atoms with Crippen LogP contribution in [0.2, 0.25) is 0 Å². The number of ether oxygens (including phenoxy) is 6. The van der Waals surface area contributed by atoms with E-state index in [9.17, 15) is 63.2 Å². The third kappa shape index (κ3) is 14.3. The standard InChI is InChI=1S/C49H65N3O21S3/c1-48(14-6-28-74(58,59)60)37-29-33(75(61,62)63)9-11-40(37)51(17-19-69-22-23-71-26-27-72-25-24-70-21-20-68-4)41(48)31-35-46(56)36(47(35)57)32-42-49(2,15-18-67-3)38-30-34(76(64,65)66)8-10-39(38)50(42)16-5-7-45(55)73-52-43(53)12-13-44(52)54/h8-11,29-32,41,56H,5-7,12-28H2,1-4H3,(H,58,59,60)(H,61,62,63)(H,64,65,66)/p-3/b35-31?,42-32+. The van der Waals surface area contributed by atoms with Gasteiger partial charge in [0.25, 0.3) is 11.8 Å². The van der Waals surface area contributed by atoms with Crippen LogP contribution in [0.25, 0.3) is 0 Å². The minimum absolute atomic E-state index is 0.00489. The maximum Gasteiger partial charge on any atom is 0.333 e. The number of carbonyl (C=O) groups excluding carboxylic acids is 4. The van der Waals surface area contributed by atoms with E-state index in [0.717, 1.165) is 12.1 Å². The van der Waals surface area contributed by atoms with Gasteiger partial charge in [-0.2, -0.15) is 0 Å². The van der Waals surface area contributed by atoms with E-state index >= 15 is 0 Å². The van der Waals surface area contributed by atoms with E-state index in [-0.39, 0.29) is 108 Å². The number of aliphatic hydroxyl groups excluding tert-OH is 1. The van der Waals surface area contributed by atoms with Crippen LogP contribution in [-0.2, 0) is 93.6 Å². The molecule has 4 aliphatic rings. The summed E-state index contributed by atoms with van der Waals surface area (Å²) in [6.45, 7) is 6.16. The van der Waals surface area contributed by atoms with Crippen molar-refractivity contribution in [1.29, 1.82) is 0 Å². The molecule has 3 aliphatic heterocycles. The van der Waals surface area contributed by atoms with E-state index < -0.39 is 92.1 Å². The first-order valence-electron chi connectivity index (χ1n) is 24.3. The zero-order chi connectivity index (χ0) is 55.6. The quantitative estimate of drug-likeness (QED) is 0.0490. The fourth-order valence-corrected chi connectivity index (χ4v) is 11.2. The van der Waals surface area contributed by atoms with E-state index in [1.165, 1.54) is 43.5 Å². The molecule has 0 aromatic heterocycles. The van der Waals surface area contributed by atoms with Crippen LogP contribution >= 0.6 is 0 Å². The number of hydroxylamine groups is 2. The second kappa shape index (κ2) is 25.5. The predicted molar refractivity (Wildman–Crippen MR) is 265 cm³/mol. The molecule has 1 aliphatic carbocycles. The maximum absolute atomic E-state index is 14.5. The zero-order valence-electron chi connectivity index (χ0n) is 42.5. The van der Waals surface area contributed by atoms with Crippen LogP contribution < -0.4 is 9.80 Å². The van der Waals surface area contributed by atoms with Gasteiger partial charge >= 0.3 is 5.97 Å². The highest BCUT2D eigenvalue weighted by Gasteiger charge is 2.50. The molecule has 0 radical (unpaired) electrons. The molecule has 1 fully saturated rings. The summed E-state index contributed by atoms with van der Waals surface area (Å²) in [7, 11) is -11.7. The summed E-state index contributed by atoms with van der Waals surface area (Å²) < 4.78 is 142. The number of rotatable bonds is 31. The molecule has 2 amide bonds. The SMILES string of the molecule is COCCOCCOCCOCCOCCN1c2ccc(S(=O)(=O)[O-])cc2C(C)(CCCS(=O)(=O)[O-])C1C=C1C(=O)C(/C=C2/N(CCCC(=O)ON3C(=O)CCC3=O)c3ccc(S(=O)(=O)[O-])cc3C2(C)CCOC)=C1O. The van der Waals surface area contributed by atoms with Gasteiger partial charge in [-0.1, -0.05) is 6.92 Å². The summed E-state index contributed by atoms with van der Waals surface area (Å²) in [6, 6.07) is 6.46. The van der Waals surface area contributed by atoms with Crippen LogP contribution in [0.5, 0.6) is 0 Å². The van der Waals surface area contributed by atoms with Crippen LogP contribution in [0.3, 0.4) is 0 Å². The lowest BCUT2D eigenvalue weighted by atomic mass is 9.72. The van der Waals surface area contributed by atoms with Crippen LogP contribution in [0.1, 0.15) is 69.9 Å². The highest BCUT2D eigenvalue weighted by atomic mass is 32.2. The van der Waals surface area contributed by atoms with Crippen molar-refractivity contribution in [2.75, 3.05) is 109 Å². The summed E-state index contributed by atoms with van der Waals surface area (Å²) in [5.41, 5.74) is -1.15. The van der Waals surface area contributed by atoms with Gasteiger partial charge in [-0.15, -0.1) is 5.06 Å². The van der Waals surface area contributed by atoms with Gasteiger partial charge in [0, 0.05) is 86.8 Å². The molecule has 3 atom stereocenters. The molecule has 2 aromatic rings. The Balaban J connectivity index is 1.32. The summed E-state index contributed by atoms with van der Waals surface area (Å²) in [5.74, 6) is -4.19. The number of carbonyl (C=O) groups is 4. The highest BCUT2D eigenvalue weighted by molar-refractivity contribution is 7.86. The van der Waals surface area contributed by atoms with E-state index in [0.29, 0.717) is 60.7 Å². The van der Waals surface area contributed by atoms with Crippen molar-refractivity contribution in [1.82, 2.24) is 5.06 Å². The lowest BCUT2D eigenvalue weighted by molar-refractivity contribution is -0.197. The van der Waals surface area contributed by atoms with Gasteiger partial charge in [-0.3, -0.25) is 14.4 Å². The monoisotopic (exact) mass is 1120 g/mol. The van der Waals surface area contributed by atoms with Crippen molar-refractivity contribution in [3.05, 3.63) is 82.3 Å². The molecule has 24 nitrogen and oxygen atoms in total. The molecule has 1 N–H and O–H groups in total. The van der Waals surface area contributed by atoms with E-state index in [1.807, 2.05) is 0 Å². The zero-order valence-corrected chi connectivity index (χ0v) is 45.0. The molecule has 0 bridgehead atoms. The minimum atomic E-state index is -5.02. The molecular formula is C49H62N3O21S3-3. The highest BCUT2D eigenvalue weighted by Crippen LogP contribution is 2.53. The van der Waals surface area contributed by atoms with Crippen molar-refractivity contribution >= 4 is 65.3 Å². The Labute approximate surface area is 441 Å². The van der Waals surface area contributed by atoms with E-state index in [2.05, 4.69) is 0 Å².